The molecular weight excluding hydrogens is 352 g/mol. The smallest absolute Gasteiger partial charge is 0.309 e. The van der Waals surface area contributed by atoms with Gasteiger partial charge < -0.3 is 15.8 Å². The number of carbonyl (C=O) groups is 1. The van der Waals surface area contributed by atoms with Gasteiger partial charge in [0.05, 0.1) is 24.2 Å². The van der Waals surface area contributed by atoms with E-state index < -0.39 is 5.72 Å². The van der Waals surface area contributed by atoms with Gasteiger partial charge in [-0.1, -0.05) is 42.8 Å². The van der Waals surface area contributed by atoms with Crippen molar-refractivity contribution < 1.29 is 9.53 Å². The number of rotatable bonds is 6. The van der Waals surface area contributed by atoms with Crippen molar-refractivity contribution in [2.24, 2.45) is 5.73 Å². The fourth-order valence-electron chi connectivity index (χ4n) is 4.11. The summed E-state index contributed by atoms with van der Waals surface area (Å²) in [6, 6.07) is 18.0. The third-order valence-electron chi connectivity index (χ3n) is 5.41. The first-order chi connectivity index (χ1) is 13.7. The summed E-state index contributed by atoms with van der Waals surface area (Å²) >= 11 is 0. The summed E-state index contributed by atoms with van der Waals surface area (Å²) in [5.74, 6) is -0.288. The first-order valence-corrected chi connectivity index (χ1v) is 9.90. The normalized spacial score (nSPS) is 22.1. The molecule has 146 valence electrons. The number of fused-ring (bicyclic) bond motifs is 1. The topological polar surface area (TPSA) is 82.2 Å². The molecule has 0 radical (unpaired) electrons. The van der Waals surface area contributed by atoms with Gasteiger partial charge in [0.1, 0.15) is 0 Å². The van der Waals surface area contributed by atoms with E-state index in [9.17, 15) is 4.79 Å². The van der Waals surface area contributed by atoms with E-state index in [0.29, 0.717) is 6.42 Å². The van der Waals surface area contributed by atoms with E-state index in [2.05, 4.69) is 10.4 Å². The Kier molecular flexibility index (Phi) is 5.30. The number of benzene rings is 2. The van der Waals surface area contributed by atoms with Crippen LogP contribution in [0.1, 0.15) is 32.1 Å². The second-order valence-electron chi connectivity index (χ2n) is 7.28. The maximum Gasteiger partial charge on any atom is 0.309 e. The lowest BCUT2D eigenvalue weighted by Crippen LogP contribution is -2.54. The van der Waals surface area contributed by atoms with E-state index in [1.807, 2.05) is 65.5 Å². The zero-order valence-corrected chi connectivity index (χ0v) is 15.9. The number of carbonyl (C=O) groups excluding carboxylic acids is 1. The SMILES string of the molecule is NCCC(=O)OC1(n2ncc3ccccc32)CCCCC1Nc1ccccc1. The molecule has 3 aromatic rings. The minimum absolute atomic E-state index is 0.0892. The zero-order chi connectivity index (χ0) is 19.4. The van der Waals surface area contributed by atoms with E-state index in [1.165, 1.54) is 0 Å². The predicted molar refractivity (Wildman–Crippen MR) is 110 cm³/mol. The lowest BCUT2D eigenvalue weighted by molar-refractivity contribution is -0.182. The highest BCUT2D eigenvalue weighted by Gasteiger charge is 2.47. The van der Waals surface area contributed by atoms with Crippen molar-refractivity contribution in [3.63, 3.8) is 0 Å². The molecule has 2 unspecified atom stereocenters. The Morgan fingerprint density at radius 2 is 1.96 bits per heavy atom. The third kappa shape index (κ3) is 3.47. The van der Waals surface area contributed by atoms with E-state index in [1.54, 1.807) is 0 Å². The van der Waals surface area contributed by atoms with Gasteiger partial charge in [-0.15, -0.1) is 0 Å². The molecule has 1 aliphatic rings. The number of ether oxygens (including phenoxy) is 1. The summed E-state index contributed by atoms with van der Waals surface area (Å²) in [5.41, 5.74) is 6.69. The molecule has 6 nitrogen and oxygen atoms in total. The van der Waals surface area contributed by atoms with Crippen LogP contribution >= 0.6 is 0 Å². The summed E-state index contributed by atoms with van der Waals surface area (Å²) in [4.78, 5) is 12.6. The van der Waals surface area contributed by atoms with E-state index in [-0.39, 0.29) is 25.0 Å². The van der Waals surface area contributed by atoms with Gasteiger partial charge >= 0.3 is 5.97 Å². The van der Waals surface area contributed by atoms with Crippen LogP contribution in [0.2, 0.25) is 0 Å². The minimum atomic E-state index is -0.885. The molecule has 28 heavy (non-hydrogen) atoms. The molecule has 4 rings (SSSR count). The van der Waals surface area contributed by atoms with Gasteiger partial charge in [-0.3, -0.25) is 4.79 Å². The molecule has 1 aliphatic carbocycles. The highest BCUT2D eigenvalue weighted by atomic mass is 16.6. The number of nitrogens with one attached hydrogen (secondary N) is 1. The molecule has 6 heteroatoms. The van der Waals surface area contributed by atoms with Gasteiger partial charge in [0.25, 0.3) is 0 Å². The minimum Gasteiger partial charge on any atom is -0.435 e. The van der Waals surface area contributed by atoms with Crippen LogP contribution in [-0.2, 0) is 15.3 Å². The first-order valence-electron chi connectivity index (χ1n) is 9.90. The van der Waals surface area contributed by atoms with Crippen LogP contribution in [0.15, 0.2) is 60.8 Å². The average molecular weight is 378 g/mol. The predicted octanol–water partition coefficient (Wildman–Crippen LogP) is 3.64. The van der Waals surface area contributed by atoms with E-state index in [0.717, 1.165) is 35.9 Å². The number of para-hydroxylation sites is 2. The number of nitrogens with two attached hydrogens (primary N) is 1. The second kappa shape index (κ2) is 8.02. The Balaban J connectivity index is 1.79. The largest absolute Gasteiger partial charge is 0.435 e. The highest BCUT2D eigenvalue weighted by Crippen LogP contribution is 2.40. The van der Waals surface area contributed by atoms with Gasteiger partial charge in [-0.05, 0) is 31.0 Å². The van der Waals surface area contributed by atoms with Crippen molar-refractivity contribution in [2.75, 3.05) is 11.9 Å². The first kappa shape index (κ1) is 18.5. The van der Waals surface area contributed by atoms with Crippen molar-refractivity contribution in [1.29, 1.82) is 0 Å². The van der Waals surface area contributed by atoms with Crippen LogP contribution in [0.4, 0.5) is 5.69 Å². The van der Waals surface area contributed by atoms with Crippen LogP contribution in [0.3, 0.4) is 0 Å². The molecule has 3 N–H and O–H groups in total. The summed E-state index contributed by atoms with van der Waals surface area (Å²) in [5, 5.41) is 9.30. The van der Waals surface area contributed by atoms with Gasteiger partial charge in [0.15, 0.2) is 0 Å². The standard InChI is InChI=1S/C22H26N4O2/c23-15-13-21(27)28-22(26-19-11-5-4-8-17(19)16-24-26)14-7-6-12-20(22)25-18-9-2-1-3-10-18/h1-5,8-11,16,20,25H,6-7,12-15,23H2. The lowest BCUT2D eigenvalue weighted by Gasteiger charge is -2.44. The van der Waals surface area contributed by atoms with Crippen molar-refractivity contribution in [3.8, 4) is 0 Å². The number of aromatic nitrogens is 2. The van der Waals surface area contributed by atoms with Crippen LogP contribution in [0.5, 0.6) is 0 Å². The number of hydrogen-bond donors (Lipinski definition) is 2. The fraction of sp³-hybridized carbons (Fsp3) is 0.364. The Labute approximate surface area is 164 Å². The van der Waals surface area contributed by atoms with Crippen molar-refractivity contribution in [2.45, 2.75) is 43.9 Å². The van der Waals surface area contributed by atoms with Gasteiger partial charge in [-0.25, -0.2) is 4.68 Å². The summed E-state index contributed by atoms with van der Waals surface area (Å²) in [6.45, 7) is 0.269. The third-order valence-corrected chi connectivity index (χ3v) is 5.41. The Morgan fingerprint density at radius 1 is 1.18 bits per heavy atom. The Morgan fingerprint density at radius 3 is 2.79 bits per heavy atom. The molecule has 0 spiro atoms. The van der Waals surface area contributed by atoms with Crippen molar-refractivity contribution in [1.82, 2.24) is 9.78 Å². The average Bonchev–Trinajstić information content (AvgIpc) is 3.15. The summed E-state index contributed by atoms with van der Waals surface area (Å²) in [6.07, 6.45) is 5.66. The van der Waals surface area contributed by atoms with Crippen LogP contribution in [0.25, 0.3) is 10.9 Å². The lowest BCUT2D eigenvalue weighted by atomic mass is 9.86. The highest BCUT2D eigenvalue weighted by molar-refractivity contribution is 5.79. The molecule has 0 aliphatic heterocycles. The van der Waals surface area contributed by atoms with Crippen molar-refractivity contribution >= 4 is 22.6 Å². The zero-order valence-electron chi connectivity index (χ0n) is 15.9. The summed E-state index contributed by atoms with van der Waals surface area (Å²) < 4.78 is 8.08. The number of anilines is 1. The van der Waals surface area contributed by atoms with Crippen molar-refractivity contribution in [3.05, 3.63) is 60.8 Å². The molecule has 0 bridgehead atoms. The molecule has 0 amide bonds. The van der Waals surface area contributed by atoms with Crippen LogP contribution < -0.4 is 11.1 Å². The number of esters is 1. The fourth-order valence-corrected chi connectivity index (χ4v) is 4.11. The Bertz CT molecular complexity index is 940. The molecule has 0 saturated heterocycles. The number of nitrogens with zero attached hydrogens (tertiary/aromatic N) is 2. The van der Waals surface area contributed by atoms with Crippen LogP contribution in [0, 0.1) is 0 Å². The van der Waals surface area contributed by atoms with Gasteiger partial charge in [0, 0.05) is 24.0 Å². The molecule has 2 atom stereocenters. The molecular formula is C22H26N4O2. The molecule has 2 aromatic carbocycles. The quantitative estimate of drug-likeness (QED) is 0.640. The second-order valence-corrected chi connectivity index (χ2v) is 7.28. The van der Waals surface area contributed by atoms with E-state index >= 15 is 0 Å². The van der Waals surface area contributed by atoms with E-state index in [4.69, 9.17) is 10.5 Å². The molecule has 1 saturated carbocycles. The summed E-state index contributed by atoms with van der Waals surface area (Å²) in [7, 11) is 0. The Hall–Kier alpha value is -2.86. The molecule has 1 heterocycles. The number of hydrogen-bond acceptors (Lipinski definition) is 5. The molecule has 1 fully saturated rings. The molecule has 1 aromatic heterocycles. The maximum absolute atomic E-state index is 12.6. The van der Waals surface area contributed by atoms with Gasteiger partial charge in [0.2, 0.25) is 5.72 Å². The van der Waals surface area contributed by atoms with Crippen LogP contribution in [-0.4, -0.2) is 28.3 Å². The monoisotopic (exact) mass is 378 g/mol. The van der Waals surface area contributed by atoms with Gasteiger partial charge in [-0.2, -0.15) is 5.10 Å². The maximum atomic E-state index is 12.6.